The standard InChI is InChI=1S/C21H18N2O5S2/c1-3-28-21(25)17-11-14-8-9-22(20-16(18(14)30-17)10-12(2)29-20)19(24)13-4-6-15(7-5-13)23(26)27/h4-7,10-11H,3,8-9H2,1-2H3. The van der Waals surface area contributed by atoms with E-state index in [1.807, 2.05) is 19.1 Å². The van der Waals surface area contributed by atoms with Gasteiger partial charge in [0.2, 0.25) is 0 Å². The largest absolute Gasteiger partial charge is 0.462 e. The predicted molar refractivity (Wildman–Crippen MR) is 117 cm³/mol. The third-order valence-electron chi connectivity index (χ3n) is 4.79. The van der Waals surface area contributed by atoms with Crippen LogP contribution in [-0.4, -0.2) is 30.0 Å². The number of rotatable bonds is 4. The van der Waals surface area contributed by atoms with E-state index in [1.165, 1.54) is 46.9 Å². The lowest BCUT2D eigenvalue weighted by molar-refractivity contribution is -0.384. The highest BCUT2D eigenvalue weighted by atomic mass is 32.1. The molecule has 1 aliphatic rings. The molecular weight excluding hydrogens is 424 g/mol. The molecule has 1 aromatic carbocycles. The summed E-state index contributed by atoms with van der Waals surface area (Å²) in [5, 5.41) is 11.7. The fraction of sp³-hybridized carbons (Fsp3) is 0.238. The maximum atomic E-state index is 13.2. The molecule has 1 amide bonds. The van der Waals surface area contributed by atoms with Crippen molar-refractivity contribution < 1.29 is 19.2 Å². The van der Waals surface area contributed by atoms with Crippen LogP contribution in [0.5, 0.6) is 0 Å². The first-order valence-corrected chi connectivity index (χ1v) is 11.0. The van der Waals surface area contributed by atoms with Crippen molar-refractivity contribution in [2.24, 2.45) is 0 Å². The number of carbonyl (C=O) groups excluding carboxylic acids is 2. The van der Waals surface area contributed by atoms with E-state index in [0.29, 0.717) is 30.0 Å². The van der Waals surface area contributed by atoms with E-state index in [9.17, 15) is 19.7 Å². The molecule has 4 rings (SSSR count). The van der Waals surface area contributed by atoms with Gasteiger partial charge in [0.05, 0.1) is 11.5 Å². The van der Waals surface area contributed by atoms with E-state index in [2.05, 4.69) is 0 Å². The molecule has 0 fully saturated rings. The molecule has 0 N–H and O–H groups in total. The normalized spacial score (nSPS) is 12.7. The van der Waals surface area contributed by atoms with Crippen molar-refractivity contribution in [2.45, 2.75) is 20.3 Å². The van der Waals surface area contributed by atoms with Crippen LogP contribution in [0.4, 0.5) is 10.7 Å². The smallest absolute Gasteiger partial charge is 0.348 e. The highest BCUT2D eigenvalue weighted by Crippen LogP contribution is 2.46. The van der Waals surface area contributed by atoms with E-state index < -0.39 is 4.92 Å². The van der Waals surface area contributed by atoms with Crippen LogP contribution < -0.4 is 4.90 Å². The van der Waals surface area contributed by atoms with Crippen LogP contribution in [0.25, 0.3) is 10.4 Å². The molecule has 0 spiro atoms. The van der Waals surface area contributed by atoms with Crippen LogP contribution >= 0.6 is 22.7 Å². The molecule has 9 heteroatoms. The molecule has 0 radical (unpaired) electrons. The summed E-state index contributed by atoms with van der Waals surface area (Å²) in [6, 6.07) is 9.54. The van der Waals surface area contributed by atoms with Gasteiger partial charge in [-0.2, -0.15) is 0 Å². The summed E-state index contributed by atoms with van der Waals surface area (Å²) in [6.45, 7) is 4.53. The van der Waals surface area contributed by atoms with Gasteiger partial charge in [-0.15, -0.1) is 22.7 Å². The Morgan fingerprint density at radius 1 is 1.20 bits per heavy atom. The Kier molecular flexibility index (Phi) is 5.40. The van der Waals surface area contributed by atoms with Crippen molar-refractivity contribution in [3.63, 3.8) is 0 Å². The minimum atomic E-state index is -0.486. The first-order chi connectivity index (χ1) is 14.4. The zero-order valence-corrected chi connectivity index (χ0v) is 18.0. The molecule has 30 heavy (non-hydrogen) atoms. The fourth-order valence-corrected chi connectivity index (χ4v) is 5.64. The van der Waals surface area contributed by atoms with Gasteiger partial charge in [-0.1, -0.05) is 0 Å². The molecule has 3 heterocycles. The van der Waals surface area contributed by atoms with Gasteiger partial charge in [0.25, 0.3) is 11.6 Å². The van der Waals surface area contributed by atoms with Crippen molar-refractivity contribution in [1.29, 1.82) is 0 Å². The number of esters is 1. The maximum absolute atomic E-state index is 13.2. The number of hydrogen-bond donors (Lipinski definition) is 0. The summed E-state index contributed by atoms with van der Waals surface area (Å²) in [5.41, 5.74) is 2.29. The van der Waals surface area contributed by atoms with Crippen molar-refractivity contribution in [3.05, 3.63) is 67.4 Å². The number of anilines is 1. The average Bonchev–Trinajstić information content (AvgIpc) is 3.29. The van der Waals surface area contributed by atoms with Gasteiger partial charge >= 0.3 is 5.97 Å². The van der Waals surface area contributed by atoms with Gasteiger partial charge < -0.3 is 4.74 Å². The second-order valence-corrected chi connectivity index (χ2v) is 9.06. The number of carbonyl (C=O) groups is 2. The van der Waals surface area contributed by atoms with E-state index in [4.69, 9.17) is 4.74 Å². The number of amides is 1. The second-order valence-electron chi connectivity index (χ2n) is 6.77. The highest BCUT2D eigenvalue weighted by Gasteiger charge is 2.29. The highest BCUT2D eigenvalue weighted by molar-refractivity contribution is 7.20. The fourth-order valence-electron chi connectivity index (χ4n) is 3.42. The molecule has 0 bridgehead atoms. The Balaban J connectivity index is 1.71. The Hall–Kier alpha value is -3.04. The lowest BCUT2D eigenvalue weighted by Crippen LogP contribution is -2.31. The number of thiophene rings is 2. The van der Waals surface area contributed by atoms with E-state index in [1.54, 1.807) is 11.8 Å². The number of non-ortho nitro benzene ring substituents is 1. The Bertz CT molecular complexity index is 1150. The first-order valence-electron chi connectivity index (χ1n) is 9.36. The van der Waals surface area contributed by atoms with Crippen LogP contribution in [0.3, 0.4) is 0 Å². The van der Waals surface area contributed by atoms with Crippen LogP contribution in [0.15, 0.2) is 36.4 Å². The average molecular weight is 443 g/mol. The number of fused-ring (bicyclic) bond motifs is 3. The molecule has 3 aromatic rings. The van der Waals surface area contributed by atoms with E-state index >= 15 is 0 Å². The van der Waals surface area contributed by atoms with Crippen LogP contribution in [0.2, 0.25) is 0 Å². The number of hydrogen-bond acceptors (Lipinski definition) is 7. The molecule has 0 unspecified atom stereocenters. The topological polar surface area (TPSA) is 89.8 Å². The van der Waals surface area contributed by atoms with E-state index in [-0.39, 0.29) is 17.6 Å². The first kappa shape index (κ1) is 20.2. The van der Waals surface area contributed by atoms with Crippen molar-refractivity contribution in [2.75, 3.05) is 18.1 Å². The van der Waals surface area contributed by atoms with Gasteiger partial charge in [0, 0.05) is 39.6 Å². The lowest BCUT2D eigenvalue weighted by atomic mass is 10.1. The van der Waals surface area contributed by atoms with Crippen molar-refractivity contribution >= 4 is 45.2 Å². The summed E-state index contributed by atoms with van der Waals surface area (Å²) in [7, 11) is 0. The van der Waals surface area contributed by atoms with Gasteiger partial charge in [0.1, 0.15) is 9.88 Å². The van der Waals surface area contributed by atoms with Crippen molar-refractivity contribution in [3.8, 4) is 10.4 Å². The molecule has 1 aliphatic heterocycles. The monoisotopic (exact) mass is 442 g/mol. The van der Waals surface area contributed by atoms with Crippen LogP contribution in [-0.2, 0) is 11.2 Å². The van der Waals surface area contributed by atoms with Crippen LogP contribution in [0.1, 0.15) is 37.4 Å². The summed E-state index contributed by atoms with van der Waals surface area (Å²) in [6.07, 6.45) is 0.602. The Morgan fingerprint density at radius 2 is 1.93 bits per heavy atom. The third kappa shape index (κ3) is 3.61. The Labute approximate surface area is 180 Å². The maximum Gasteiger partial charge on any atom is 0.348 e. The van der Waals surface area contributed by atoms with Gasteiger partial charge in [0.15, 0.2) is 0 Å². The van der Waals surface area contributed by atoms with Crippen molar-refractivity contribution in [1.82, 2.24) is 0 Å². The third-order valence-corrected chi connectivity index (χ3v) is 7.05. The molecule has 154 valence electrons. The zero-order chi connectivity index (χ0) is 21.4. The number of aryl methyl sites for hydroxylation is 1. The number of benzene rings is 1. The lowest BCUT2D eigenvalue weighted by Gasteiger charge is -2.20. The number of nitro benzene ring substituents is 1. The molecule has 0 saturated heterocycles. The summed E-state index contributed by atoms with van der Waals surface area (Å²) in [4.78, 5) is 40.1. The quantitative estimate of drug-likeness (QED) is 0.320. The molecule has 0 aliphatic carbocycles. The number of nitrogens with zero attached hydrogens (tertiary/aromatic N) is 2. The molecule has 7 nitrogen and oxygen atoms in total. The van der Waals surface area contributed by atoms with E-state index in [0.717, 1.165) is 25.9 Å². The summed E-state index contributed by atoms with van der Waals surface area (Å²) < 4.78 is 5.14. The minimum Gasteiger partial charge on any atom is -0.462 e. The summed E-state index contributed by atoms with van der Waals surface area (Å²) >= 11 is 2.91. The number of ether oxygens (including phenoxy) is 1. The second kappa shape index (κ2) is 8.00. The number of nitro groups is 1. The molecule has 0 atom stereocenters. The molecule has 2 aromatic heterocycles. The van der Waals surface area contributed by atoms with Crippen LogP contribution in [0, 0.1) is 17.0 Å². The molecule has 0 saturated carbocycles. The van der Waals surface area contributed by atoms with Gasteiger partial charge in [-0.25, -0.2) is 4.79 Å². The SMILES string of the molecule is CCOC(=O)c1cc2c(s1)-c1cc(C)sc1N(C(=O)c1ccc([N+](=O)[O-])cc1)CC2. The van der Waals surface area contributed by atoms with Gasteiger partial charge in [-0.3, -0.25) is 19.8 Å². The zero-order valence-electron chi connectivity index (χ0n) is 16.3. The predicted octanol–water partition coefficient (Wildman–Crippen LogP) is 5.07. The van der Waals surface area contributed by atoms with Gasteiger partial charge in [-0.05, 0) is 50.1 Å². The minimum absolute atomic E-state index is 0.0521. The Morgan fingerprint density at radius 3 is 2.60 bits per heavy atom. The molecular formula is C21H18N2O5S2. The summed E-state index contributed by atoms with van der Waals surface area (Å²) in [5.74, 6) is -0.531.